The van der Waals surface area contributed by atoms with Crippen molar-refractivity contribution in [3.63, 3.8) is 0 Å². The van der Waals surface area contributed by atoms with Gasteiger partial charge in [0.1, 0.15) is 11.6 Å². The number of thioether (sulfide) groups is 1. The number of carbonyl (C=O) groups is 1. The minimum absolute atomic E-state index is 0.215. The summed E-state index contributed by atoms with van der Waals surface area (Å²) in [5.41, 5.74) is 5.50. The van der Waals surface area contributed by atoms with E-state index in [0.717, 1.165) is 12.8 Å². The Hall–Kier alpha value is -1.76. The number of amides is 1. The zero-order chi connectivity index (χ0) is 13.1. The number of hydrogen-bond donors (Lipinski definition) is 3. The molecule has 0 aliphatic heterocycles. The van der Waals surface area contributed by atoms with E-state index in [-0.39, 0.29) is 17.4 Å². The Morgan fingerprint density at radius 2 is 2.44 bits per heavy atom. The molecule has 0 saturated heterocycles. The number of nitrogens with two attached hydrogens (primary N) is 1. The number of aliphatic hydroxyl groups is 1. The number of allylic oxidation sites excluding steroid dienone is 1. The number of hydrogen-bond acceptors (Lipinski definition) is 6. The third kappa shape index (κ3) is 2.56. The lowest BCUT2D eigenvalue weighted by Gasteiger charge is -2.15. The van der Waals surface area contributed by atoms with E-state index < -0.39 is 5.91 Å². The van der Waals surface area contributed by atoms with Crippen LogP contribution in [0.15, 0.2) is 23.2 Å². The van der Waals surface area contributed by atoms with Gasteiger partial charge in [0.25, 0.3) is 5.91 Å². The van der Waals surface area contributed by atoms with E-state index >= 15 is 0 Å². The third-order valence-electron chi connectivity index (χ3n) is 2.69. The van der Waals surface area contributed by atoms with Crippen LogP contribution in [0.4, 0.5) is 5.82 Å². The van der Waals surface area contributed by atoms with Crippen molar-refractivity contribution in [1.82, 2.24) is 9.97 Å². The predicted molar refractivity (Wildman–Crippen MR) is 69.7 cm³/mol. The summed E-state index contributed by atoms with van der Waals surface area (Å²) in [6.07, 6.45) is 6.56. The van der Waals surface area contributed by atoms with Gasteiger partial charge in [-0.25, -0.2) is 9.97 Å². The van der Waals surface area contributed by atoms with Gasteiger partial charge in [0, 0.05) is 6.20 Å². The zero-order valence-corrected chi connectivity index (χ0v) is 10.7. The second-order valence-electron chi connectivity index (χ2n) is 3.89. The molecule has 0 fully saturated rings. The first-order valence-electron chi connectivity index (χ1n) is 5.48. The van der Waals surface area contributed by atoms with Gasteiger partial charge in [0.05, 0.1) is 11.6 Å². The van der Waals surface area contributed by atoms with Gasteiger partial charge in [0.2, 0.25) is 0 Å². The van der Waals surface area contributed by atoms with Gasteiger partial charge in [-0.15, -0.1) is 0 Å². The highest BCUT2D eigenvalue weighted by Crippen LogP contribution is 2.23. The van der Waals surface area contributed by atoms with Gasteiger partial charge in [0.15, 0.2) is 5.16 Å². The first-order chi connectivity index (χ1) is 8.61. The number of rotatable bonds is 4. The van der Waals surface area contributed by atoms with E-state index in [2.05, 4.69) is 15.3 Å². The molecule has 1 aromatic rings. The van der Waals surface area contributed by atoms with E-state index in [9.17, 15) is 9.90 Å². The fourth-order valence-electron chi connectivity index (χ4n) is 1.75. The van der Waals surface area contributed by atoms with Crippen molar-refractivity contribution in [2.45, 2.75) is 24.0 Å². The Labute approximate surface area is 109 Å². The van der Waals surface area contributed by atoms with Crippen molar-refractivity contribution < 1.29 is 9.90 Å². The van der Waals surface area contributed by atoms with Gasteiger partial charge in [-0.1, -0.05) is 11.8 Å². The minimum atomic E-state index is -0.591. The van der Waals surface area contributed by atoms with Crippen LogP contribution in [0.25, 0.3) is 0 Å². The van der Waals surface area contributed by atoms with Gasteiger partial charge in [-0.05, 0) is 25.2 Å². The molecular weight excluding hydrogens is 252 g/mol. The lowest BCUT2D eigenvalue weighted by molar-refractivity contribution is 0.1000. The standard InChI is InChI=1S/C11H14N4O2S/c1-18-11-13-5-6(9(12)17)10(15-11)14-7-3-2-4-8(7)16/h4-5,7,16H,2-3H2,1H3,(H2,12,17)(H,13,14,15)/t7-/m1/s1. The first kappa shape index (κ1) is 12.7. The van der Waals surface area contributed by atoms with Crippen LogP contribution in [0.2, 0.25) is 0 Å². The number of carbonyl (C=O) groups excluding carboxylic acids is 1. The summed E-state index contributed by atoms with van der Waals surface area (Å²) in [6.45, 7) is 0. The molecule has 1 atom stereocenters. The molecule has 0 unspecified atom stereocenters. The van der Waals surface area contributed by atoms with E-state index in [4.69, 9.17) is 5.73 Å². The molecule has 6 nitrogen and oxygen atoms in total. The van der Waals surface area contributed by atoms with Crippen molar-refractivity contribution in [2.24, 2.45) is 5.73 Å². The largest absolute Gasteiger partial charge is 0.510 e. The number of aromatic nitrogens is 2. The van der Waals surface area contributed by atoms with Crippen molar-refractivity contribution >= 4 is 23.5 Å². The maximum atomic E-state index is 11.3. The van der Waals surface area contributed by atoms with E-state index in [1.807, 2.05) is 6.26 Å². The smallest absolute Gasteiger partial charge is 0.254 e. The summed E-state index contributed by atoms with van der Waals surface area (Å²) in [4.78, 5) is 19.5. The van der Waals surface area contributed by atoms with E-state index in [1.165, 1.54) is 18.0 Å². The summed E-state index contributed by atoms with van der Waals surface area (Å²) in [5, 5.41) is 13.2. The van der Waals surface area contributed by atoms with E-state index in [1.54, 1.807) is 6.08 Å². The highest BCUT2D eigenvalue weighted by Gasteiger charge is 2.21. The lowest BCUT2D eigenvalue weighted by atomic mass is 10.2. The number of primary amides is 1. The lowest BCUT2D eigenvalue weighted by Crippen LogP contribution is -2.23. The molecule has 0 saturated carbocycles. The quantitative estimate of drug-likeness (QED) is 0.561. The normalized spacial score (nSPS) is 18.5. The van der Waals surface area contributed by atoms with Crippen molar-refractivity contribution in [2.75, 3.05) is 11.6 Å². The Morgan fingerprint density at radius 3 is 3.00 bits per heavy atom. The molecule has 0 spiro atoms. The predicted octanol–water partition coefficient (Wildman–Crippen LogP) is 1.31. The molecule has 1 aromatic heterocycles. The molecule has 1 heterocycles. The number of nitrogens with zero attached hydrogens (tertiary/aromatic N) is 2. The fraction of sp³-hybridized carbons (Fsp3) is 0.364. The van der Waals surface area contributed by atoms with Gasteiger partial charge >= 0.3 is 0 Å². The number of nitrogens with one attached hydrogen (secondary N) is 1. The first-order valence-corrected chi connectivity index (χ1v) is 6.70. The Balaban J connectivity index is 2.29. The maximum Gasteiger partial charge on any atom is 0.254 e. The van der Waals surface area contributed by atoms with Crippen LogP contribution < -0.4 is 11.1 Å². The molecular formula is C11H14N4O2S. The van der Waals surface area contributed by atoms with Crippen molar-refractivity contribution in [3.05, 3.63) is 23.6 Å². The molecule has 18 heavy (non-hydrogen) atoms. The monoisotopic (exact) mass is 266 g/mol. The highest BCUT2D eigenvalue weighted by atomic mass is 32.2. The minimum Gasteiger partial charge on any atom is -0.510 e. The van der Waals surface area contributed by atoms with E-state index in [0.29, 0.717) is 11.0 Å². The van der Waals surface area contributed by atoms with Crippen LogP contribution in [0, 0.1) is 0 Å². The summed E-state index contributed by atoms with van der Waals surface area (Å²) in [5.74, 6) is 0.0510. The average molecular weight is 266 g/mol. The summed E-state index contributed by atoms with van der Waals surface area (Å²) in [7, 11) is 0. The van der Waals surface area contributed by atoms with Crippen LogP contribution in [0.1, 0.15) is 23.2 Å². The molecule has 7 heteroatoms. The number of anilines is 1. The third-order valence-corrected chi connectivity index (χ3v) is 3.25. The van der Waals surface area contributed by atoms with Gasteiger partial charge in [-0.3, -0.25) is 4.79 Å². The topological polar surface area (TPSA) is 101 Å². The Bertz CT molecular complexity index is 504. The Morgan fingerprint density at radius 1 is 1.67 bits per heavy atom. The molecule has 2 rings (SSSR count). The van der Waals surface area contributed by atoms with Crippen molar-refractivity contribution in [3.8, 4) is 0 Å². The second-order valence-corrected chi connectivity index (χ2v) is 4.66. The maximum absolute atomic E-state index is 11.3. The van der Waals surface area contributed by atoms with Gasteiger partial charge in [-0.2, -0.15) is 0 Å². The fourth-order valence-corrected chi connectivity index (χ4v) is 2.09. The summed E-state index contributed by atoms with van der Waals surface area (Å²) in [6, 6.07) is -0.215. The van der Waals surface area contributed by atoms with Crippen LogP contribution in [0.5, 0.6) is 0 Å². The second kappa shape index (κ2) is 5.26. The summed E-state index contributed by atoms with van der Waals surface area (Å²) < 4.78 is 0. The molecule has 0 bridgehead atoms. The summed E-state index contributed by atoms with van der Waals surface area (Å²) >= 11 is 1.37. The average Bonchev–Trinajstić information content (AvgIpc) is 2.74. The molecule has 1 amide bonds. The molecule has 0 aromatic carbocycles. The van der Waals surface area contributed by atoms with Gasteiger partial charge < -0.3 is 16.2 Å². The SMILES string of the molecule is CSc1ncc(C(N)=O)c(N[C@@H]2CCC=C2O)n1. The molecule has 96 valence electrons. The molecule has 1 aliphatic carbocycles. The van der Waals surface area contributed by atoms with Crippen LogP contribution >= 0.6 is 11.8 Å². The highest BCUT2D eigenvalue weighted by molar-refractivity contribution is 7.98. The molecule has 0 radical (unpaired) electrons. The number of aliphatic hydroxyl groups excluding tert-OH is 1. The molecule has 1 aliphatic rings. The van der Waals surface area contributed by atoms with Crippen LogP contribution in [0.3, 0.4) is 0 Å². The van der Waals surface area contributed by atoms with Crippen molar-refractivity contribution in [1.29, 1.82) is 0 Å². The molecule has 4 N–H and O–H groups in total. The van der Waals surface area contributed by atoms with Crippen LogP contribution in [-0.4, -0.2) is 33.3 Å². The zero-order valence-electron chi connectivity index (χ0n) is 9.88. The Kier molecular flexibility index (Phi) is 3.71. The van der Waals surface area contributed by atoms with Crippen LogP contribution in [-0.2, 0) is 0 Å².